The zero-order chi connectivity index (χ0) is 16.1. The molecule has 1 spiro atoms. The van der Waals surface area contributed by atoms with Gasteiger partial charge in [0.25, 0.3) is 0 Å². The standard InChI is InChI=1S/C17H24ClN3O2.HI/c1-19-16(21-8-5-17(12-21)6-9-22-13-17)20-7-10-23-15-4-2-3-14(18)11-15;/h2-4,11H,5-10,12-13H2,1H3,(H,19,20);1H. The highest BCUT2D eigenvalue weighted by Crippen LogP contribution is 2.38. The van der Waals surface area contributed by atoms with Crippen LogP contribution < -0.4 is 10.1 Å². The molecule has 1 N–H and O–H groups in total. The Bertz CT molecular complexity index is 565. The van der Waals surface area contributed by atoms with E-state index in [4.69, 9.17) is 21.1 Å². The van der Waals surface area contributed by atoms with Gasteiger partial charge in [-0.05, 0) is 31.0 Å². The molecule has 0 aromatic heterocycles. The smallest absolute Gasteiger partial charge is 0.193 e. The molecule has 0 radical (unpaired) electrons. The fourth-order valence-corrected chi connectivity index (χ4v) is 3.49. The fraction of sp³-hybridized carbons (Fsp3) is 0.588. The number of halogens is 2. The monoisotopic (exact) mass is 465 g/mol. The second-order valence-corrected chi connectivity index (χ2v) is 6.69. The molecule has 2 aliphatic rings. The van der Waals surface area contributed by atoms with Gasteiger partial charge in [-0.15, -0.1) is 24.0 Å². The molecule has 2 fully saturated rings. The molecule has 5 nitrogen and oxygen atoms in total. The third kappa shape index (κ3) is 4.89. The number of rotatable bonds is 4. The number of likely N-dealkylation sites (tertiary alicyclic amines) is 1. The summed E-state index contributed by atoms with van der Waals surface area (Å²) in [5, 5.41) is 4.07. The second kappa shape index (κ2) is 9.10. The molecule has 0 bridgehead atoms. The van der Waals surface area contributed by atoms with Crippen molar-refractivity contribution in [3.05, 3.63) is 29.3 Å². The molecular weight excluding hydrogens is 441 g/mol. The Balaban J connectivity index is 0.00000208. The summed E-state index contributed by atoms with van der Waals surface area (Å²) in [5.41, 5.74) is 0.342. The Morgan fingerprint density at radius 1 is 1.46 bits per heavy atom. The third-order valence-corrected chi connectivity index (χ3v) is 4.82. The van der Waals surface area contributed by atoms with Gasteiger partial charge in [-0.2, -0.15) is 0 Å². The van der Waals surface area contributed by atoms with Crippen molar-refractivity contribution in [2.75, 3.05) is 46.5 Å². The van der Waals surface area contributed by atoms with E-state index in [1.165, 1.54) is 12.8 Å². The number of benzene rings is 1. The van der Waals surface area contributed by atoms with Crippen LogP contribution in [-0.2, 0) is 4.74 Å². The summed E-state index contributed by atoms with van der Waals surface area (Å²) in [6.07, 6.45) is 2.35. The predicted octanol–water partition coefficient (Wildman–Crippen LogP) is 3.02. The van der Waals surface area contributed by atoms with Crippen LogP contribution in [0, 0.1) is 5.41 Å². The highest BCUT2D eigenvalue weighted by molar-refractivity contribution is 14.0. The van der Waals surface area contributed by atoms with Crippen molar-refractivity contribution in [3.63, 3.8) is 0 Å². The van der Waals surface area contributed by atoms with Crippen LogP contribution in [0.2, 0.25) is 5.02 Å². The second-order valence-electron chi connectivity index (χ2n) is 6.25. The lowest BCUT2D eigenvalue weighted by molar-refractivity contribution is 0.156. The number of hydrogen-bond acceptors (Lipinski definition) is 3. The first-order chi connectivity index (χ1) is 11.2. The van der Waals surface area contributed by atoms with Crippen LogP contribution >= 0.6 is 35.6 Å². The lowest BCUT2D eigenvalue weighted by Gasteiger charge is -2.24. The Kier molecular flexibility index (Phi) is 7.43. The first kappa shape index (κ1) is 19.6. The van der Waals surface area contributed by atoms with E-state index in [9.17, 15) is 0 Å². The van der Waals surface area contributed by atoms with Crippen LogP contribution in [0.15, 0.2) is 29.3 Å². The summed E-state index contributed by atoms with van der Waals surface area (Å²) in [5.74, 6) is 1.74. The largest absolute Gasteiger partial charge is 0.492 e. The van der Waals surface area contributed by atoms with Gasteiger partial charge in [0, 0.05) is 37.2 Å². The zero-order valence-corrected chi connectivity index (χ0v) is 17.0. The molecule has 24 heavy (non-hydrogen) atoms. The predicted molar refractivity (Wildman–Crippen MR) is 108 cm³/mol. The Hall–Kier alpha value is -0.730. The Morgan fingerprint density at radius 3 is 3.04 bits per heavy atom. The number of hydrogen-bond donors (Lipinski definition) is 1. The van der Waals surface area contributed by atoms with Crippen LogP contribution in [0.1, 0.15) is 12.8 Å². The first-order valence-electron chi connectivity index (χ1n) is 8.13. The molecule has 0 aliphatic carbocycles. The number of nitrogens with one attached hydrogen (secondary N) is 1. The average Bonchev–Trinajstić information content (AvgIpc) is 3.18. The van der Waals surface area contributed by atoms with E-state index >= 15 is 0 Å². The summed E-state index contributed by atoms with van der Waals surface area (Å²) in [7, 11) is 1.83. The van der Waals surface area contributed by atoms with Crippen molar-refractivity contribution in [2.45, 2.75) is 12.8 Å². The van der Waals surface area contributed by atoms with Gasteiger partial charge < -0.3 is 19.7 Å². The minimum atomic E-state index is 0. The highest BCUT2D eigenvalue weighted by atomic mass is 127. The normalized spacial score (nSPS) is 23.4. The molecule has 0 amide bonds. The maximum Gasteiger partial charge on any atom is 0.193 e. The van der Waals surface area contributed by atoms with Crippen molar-refractivity contribution in [2.24, 2.45) is 10.4 Å². The summed E-state index contributed by atoms with van der Waals surface area (Å²) in [6.45, 7) is 5.13. The number of ether oxygens (including phenoxy) is 2. The first-order valence-corrected chi connectivity index (χ1v) is 8.50. The fourth-order valence-electron chi connectivity index (χ4n) is 3.31. The van der Waals surface area contributed by atoms with Gasteiger partial charge in [-0.3, -0.25) is 4.99 Å². The van der Waals surface area contributed by atoms with Crippen LogP contribution in [0.5, 0.6) is 5.75 Å². The van der Waals surface area contributed by atoms with Gasteiger partial charge >= 0.3 is 0 Å². The number of nitrogens with zero attached hydrogens (tertiary/aromatic N) is 2. The van der Waals surface area contributed by atoms with E-state index in [2.05, 4.69) is 15.2 Å². The molecule has 2 saturated heterocycles. The minimum absolute atomic E-state index is 0. The van der Waals surface area contributed by atoms with Gasteiger partial charge in [0.2, 0.25) is 0 Å². The lowest BCUT2D eigenvalue weighted by Crippen LogP contribution is -2.42. The Morgan fingerprint density at radius 2 is 2.33 bits per heavy atom. The molecule has 1 atom stereocenters. The molecular formula is C17H25ClIN3O2. The molecule has 1 unspecified atom stereocenters. The maximum atomic E-state index is 5.94. The number of aliphatic imine (C=N–C) groups is 1. The van der Waals surface area contributed by atoms with E-state index < -0.39 is 0 Å². The van der Waals surface area contributed by atoms with Crippen molar-refractivity contribution < 1.29 is 9.47 Å². The summed E-state index contributed by atoms with van der Waals surface area (Å²) in [6, 6.07) is 7.45. The van der Waals surface area contributed by atoms with Gasteiger partial charge in [0.05, 0.1) is 13.2 Å². The number of guanidine groups is 1. The summed E-state index contributed by atoms with van der Waals surface area (Å²) < 4.78 is 11.3. The maximum absolute atomic E-state index is 5.94. The molecule has 7 heteroatoms. The van der Waals surface area contributed by atoms with Crippen molar-refractivity contribution in [3.8, 4) is 5.75 Å². The molecule has 1 aromatic rings. The van der Waals surface area contributed by atoms with Crippen molar-refractivity contribution in [1.82, 2.24) is 10.2 Å². The summed E-state index contributed by atoms with van der Waals surface area (Å²) in [4.78, 5) is 6.72. The molecule has 134 valence electrons. The highest BCUT2D eigenvalue weighted by Gasteiger charge is 2.42. The summed E-state index contributed by atoms with van der Waals surface area (Å²) >= 11 is 5.94. The molecule has 3 rings (SSSR count). The third-order valence-electron chi connectivity index (χ3n) is 4.58. The van der Waals surface area contributed by atoms with Crippen LogP contribution in [-0.4, -0.2) is 57.4 Å². The molecule has 2 aliphatic heterocycles. The van der Waals surface area contributed by atoms with Gasteiger partial charge in [0.15, 0.2) is 5.96 Å². The lowest BCUT2D eigenvalue weighted by atomic mass is 9.87. The Labute approximate surface area is 165 Å². The zero-order valence-electron chi connectivity index (χ0n) is 14.0. The minimum Gasteiger partial charge on any atom is -0.492 e. The van der Waals surface area contributed by atoms with E-state index in [0.29, 0.717) is 23.6 Å². The van der Waals surface area contributed by atoms with Gasteiger partial charge in [-0.25, -0.2) is 0 Å². The quantitative estimate of drug-likeness (QED) is 0.321. The van der Waals surface area contributed by atoms with Crippen LogP contribution in [0.25, 0.3) is 0 Å². The molecule has 2 heterocycles. The van der Waals surface area contributed by atoms with Crippen LogP contribution in [0.3, 0.4) is 0 Å². The van der Waals surface area contributed by atoms with Gasteiger partial charge in [-0.1, -0.05) is 17.7 Å². The SMILES string of the molecule is CN=C(NCCOc1cccc(Cl)c1)N1CCC2(CCOC2)C1.I. The van der Waals surface area contributed by atoms with E-state index in [0.717, 1.165) is 38.0 Å². The molecule has 1 aromatic carbocycles. The van der Waals surface area contributed by atoms with Crippen LogP contribution in [0.4, 0.5) is 0 Å². The van der Waals surface area contributed by atoms with E-state index in [1.807, 2.05) is 31.3 Å². The van der Waals surface area contributed by atoms with E-state index in [-0.39, 0.29) is 24.0 Å². The topological polar surface area (TPSA) is 46.1 Å². The van der Waals surface area contributed by atoms with Gasteiger partial charge in [0.1, 0.15) is 12.4 Å². The van der Waals surface area contributed by atoms with Crippen molar-refractivity contribution >= 4 is 41.5 Å². The average molecular weight is 466 g/mol. The van der Waals surface area contributed by atoms with Crippen molar-refractivity contribution in [1.29, 1.82) is 0 Å². The van der Waals surface area contributed by atoms with E-state index in [1.54, 1.807) is 0 Å². The molecule has 0 saturated carbocycles.